The number of nitrogens with one attached hydrogen (secondary N) is 1. The molecule has 0 aliphatic carbocycles. The summed E-state index contributed by atoms with van der Waals surface area (Å²) >= 11 is 11.4. The number of hydrogen-bond acceptors (Lipinski definition) is 4. The van der Waals surface area contributed by atoms with Crippen LogP contribution in [-0.2, 0) is 16.2 Å². The lowest BCUT2D eigenvalue weighted by Crippen LogP contribution is -2.41. The topological polar surface area (TPSA) is 51.6 Å². The molecule has 1 fully saturated rings. The normalized spacial score (nSPS) is 15.0. The number of anilines is 1. The number of aromatic nitrogens is 2. The number of nitrogens with zero attached hydrogens (tertiary/aromatic N) is 3. The Morgan fingerprint density at radius 2 is 2.14 bits per heavy atom. The highest BCUT2D eigenvalue weighted by molar-refractivity contribution is 7.80. The van der Waals surface area contributed by atoms with Crippen LogP contribution in [0.15, 0.2) is 30.6 Å². The van der Waals surface area contributed by atoms with Gasteiger partial charge in [0.1, 0.15) is 18.4 Å². The van der Waals surface area contributed by atoms with Crippen LogP contribution in [0.3, 0.4) is 0 Å². The van der Waals surface area contributed by atoms with Crippen LogP contribution in [0.2, 0.25) is 5.02 Å². The fraction of sp³-hybridized carbons (Fsp3) is 0.474. The van der Waals surface area contributed by atoms with Gasteiger partial charge in [0.2, 0.25) is 0 Å². The second kappa shape index (κ2) is 10.2. The predicted octanol–water partition coefficient (Wildman–Crippen LogP) is 3.87. The van der Waals surface area contributed by atoms with Crippen molar-refractivity contribution in [3.63, 3.8) is 0 Å². The molecule has 0 atom stereocenters. The third kappa shape index (κ3) is 5.41. The van der Waals surface area contributed by atoms with Crippen LogP contribution >= 0.6 is 23.8 Å². The van der Waals surface area contributed by atoms with Crippen molar-refractivity contribution in [2.24, 2.45) is 0 Å². The van der Waals surface area contributed by atoms with Gasteiger partial charge in [-0.1, -0.05) is 11.6 Å². The lowest BCUT2D eigenvalue weighted by atomic mass is 9.96. The van der Waals surface area contributed by atoms with Gasteiger partial charge in [0.25, 0.3) is 0 Å². The Balaban J connectivity index is 1.52. The molecule has 0 amide bonds. The van der Waals surface area contributed by atoms with Gasteiger partial charge in [-0.3, -0.25) is 0 Å². The first-order valence-electron chi connectivity index (χ1n) is 9.17. The predicted molar refractivity (Wildman–Crippen MR) is 111 cm³/mol. The summed E-state index contributed by atoms with van der Waals surface area (Å²) in [6.45, 7) is 3.13. The van der Waals surface area contributed by atoms with Crippen molar-refractivity contribution < 1.29 is 13.9 Å². The second-order valence-electron chi connectivity index (χ2n) is 6.60. The number of imidazole rings is 1. The molecule has 2 aromatic rings. The van der Waals surface area contributed by atoms with E-state index in [1.165, 1.54) is 18.2 Å². The molecule has 0 bridgehead atoms. The Kier molecular flexibility index (Phi) is 7.61. The monoisotopic (exact) mass is 426 g/mol. The molecule has 152 valence electrons. The van der Waals surface area contributed by atoms with E-state index in [2.05, 4.69) is 15.2 Å². The van der Waals surface area contributed by atoms with Crippen LogP contribution in [0.5, 0.6) is 0 Å². The molecule has 0 spiro atoms. The number of benzene rings is 1. The molecule has 6 nitrogen and oxygen atoms in total. The van der Waals surface area contributed by atoms with Crippen molar-refractivity contribution in [2.45, 2.75) is 25.5 Å². The van der Waals surface area contributed by atoms with Gasteiger partial charge < -0.3 is 24.3 Å². The van der Waals surface area contributed by atoms with Crippen molar-refractivity contribution in [3.8, 4) is 0 Å². The maximum Gasteiger partial charge on any atom is 0.173 e. The summed E-state index contributed by atoms with van der Waals surface area (Å²) in [5.41, 5.74) is 0.295. The van der Waals surface area contributed by atoms with Gasteiger partial charge in [0.05, 0.1) is 18.9 Å². The average Bonchev–Trinajstić information content (AvgIpc) is 3.17. The summed E-state index contributed by atoms with van der Waals surface area (Å²) in [5.74, 6) is 0.983. The Hall–Kier alpha value is -1.74. The van der Waals surface area contributed by atoms with Crippen molar-refractivity contribution in [3.05, 3.63) is 47.3 Å². The van der Waals surface area contributed by atoms with E-state index >= 15 is 0 Å². The largest absolute Gasteiger partial charge is 0.382 e. The minimum absolute atomic E-state index is 0.295. The van der Waals surface area contributed by atoms with Crippen LogP contribution in [0.25, 0.3) is 0 Å². The van der Waals surface area contributed by atoms with Crippen molar-refractivity contribution in [1.29, 1.82) is 0 Å². The molecule has 1 aliphatic heterocycles. The number of halogens is 2. The molecule has 2 heterocycles. The summed E-state index contributed by atoms with van der Waals surface area (Å²) in [4.78, 5) is 6.57. The lowest BCUT2D eigenvalue weighted by molar-refractivity contribution is 0.0321. The summed E-state index contributed by atoms with van der Waals surface area (Å²) in [7, 11) is 1.65. The van der Waals surface area contributed by atoms with Crippen LogP contribution in [0, 0.1) is 5.82 Å². The zero-order valence-corrected chi connectivity index (χ0v) is 17.3. The van der Waals surface area contributed by atoms with E-state index in [1.54, 1.807) is 13.3 Å². The molecule has 0 saturated carbocycles. The maximum absolute atomic E-state index is 13.9. The molecular weight excluding hydrogens is 403 g/mol. The molecule has 3 rings (SSSR count). The summed E-state index contributed by atoms with van der Waals surface area (Å²) < 4.78 is 26.5. The molecule has 9 heteroatoms. The average molecular weight is 427 g/mol. The molecule has 1 aromatic carbocycles. The first kappa shape index (κ1) is 21.0. The van der Waals surface area contributed by atoms with Gasteiger partial charge in [-0.25, -0.2) is 9.37 Å². The van der Waals surface area contributed by atoms with E-state index in [0.717, 1.165) is 31.8 Å². The number of thiocarbonyl (C=S) groups is 1. The van der Waals surface area contributed by atoms with Gasteiger partial charge in [-0.15, -0.1) is 0 Å². The highest BCUT2D eigenvalue weighted by Gasteiger charge is 2.25. The van der Waals surface area contributed by atoms with Crippen LogP contribution in [-0.4, -0.2) is 53.0 Å². The van der Waals surface area contributed by atoms with Crippen LogP contribution < -0.4 is 5.32 Å². The minimum atomic E-state index is -0.378. The number of likely N-dealkylation sites (tertiary alicyclic amines) is 1. The highest BCUT2D eigenvalue weighted by atomic mass is 35.5. The summed E-state index contributed by atoms with van der Waals surface area (Å²) in [5, 5.41) is 3.94. The SMILES string of the molecule is COCCOCn1ccnc1C1CCN(C(=S)Nc2cc(Cl)ccc2F)CC1. The van der Waals surface area contributed by atoms with E-state index in [-0.39, 0.29) is 5.82 Å². The van der Waals surface area contributed by atoms with E-state index in [1.807, 2.05) is 10.8 Å². The Morgan fingerprint density at radius 1 is 1.36 bits per heavy atom. The minimum Gasteiger partial charge on any atom is -0.382 e. The molecule has 1 aliphatic rings. The van der Waals surface area contributed by atoms with E-state index in [4.69, 9.17) is 33.3 Å². The molecule has 0 unspecified atom stereocenters. The van der Waals surface area contributed by atoms with Crippen molar-refractivity contribution in [2.75, 3.05) is 38.7 Å². The lowest BCUT2D eigenvalue weighted by Gasteiger charge is -2.33. The second-order valence-corrected chi connectivity index (χ2v) is 7.42. The number of methoxy groups -OCH3 is 1. The van der Waals surface area contributed by atoms with Gasteiger partial charge in [0, 0.05) is 43.5 Å². The third-order valence-corrected chi connectivity index (χ3v) is 5.32. The molecular formula is C19H24ClFN4O2S. The van der Waals surface area contributed by atoms with Crippen molar-refractivity contribution in [1.82, 2.24) is 14.5 Å². The fourth-order valence-electron chi connectivity index (χ4n) is 3.22. The van der Waals surface area contributed by atoms with E-state index in [9.17, 15) is 4.39 Å². The zero-order valence-electron chi connectivity index (χ0n) is 15.7. The zero-order chi connectivity index (χ0) is 19.9. The number of rotatable bonds is 7. The Bertz CT molecular complexity index is 796. The smallest absolute Gasteiger partial charge is 0.173 e. The third-order valence-electron chi connectivity index (χ3n) is 4.73. The Labute approximate surface area is 174 Å². The standard InChI is InChI=1S/C19H24ClFN4O2S/c1-26-10-11-27-13-25-9-6-22-18(25)14-4-7-24(8-5-14)19(28)23-17-12-15(20)2-3-16(17)21/h2-3,6,9,12,14H,4-5,7-8,10-11,13H2,1H3,(H,23,28). The maximum atomic E-state index is 13.9. The number of piperidine rings is 1. The van der Waals surface area contributed by atoms with Gasteiger partial charge in [0.15, 0.2) is 5.11 Å². The molecule has 1 saturated heterocycles. The first-order chi connectivity index (χ1) is 13.6. The molecule has 1 N–H and O–H groups in total. The molecule has 28 heavy (non-hydrogen) atoms. The number of ether oxygens (including phenoxy) is 2. The molecule has 1 aromatic heterocycles. The van der Waals surface area contributed by atoms with Gasteiger partial charge >= 0.3 is 0 Å². The van der Waals surface area contributed by atoms with E-state index < -0.39 is 0 Å². The summed E-state index contributed by atoms with van der Waals surface area (Å²) in [6, 6.07) is 4.38. The Morgan fingerprint density at radius 3 is 2.89 bits per heavy atom. The summed E-state index contributed by atoms with van der Waals surface area (Å²) in [6.07, 6.45) is 5.56. The van der Waals surface area contributed by atoms with Crippen LogP contribution in [0.4, 0.5) is 10.1 Å². The van der Waals surface area contributed by atoms with Gasteiger partial charge in [-0.2, -0.15) is 0 Å². The highest BCUT2D eigenvalue weighted by Crippen LogP contribution is 2.28. The number of hydrogen-bond donors (Lipinski definition) is 1. The first-order valence-corrected chi connectivity index (χ1v) is 9.96. The quantitative estimate of drug-likeness (QED) is 0.535. The van der Waals surface area contributed by atoms with Crippen molar-refractivity contribution >= 4 is 34.6 Å². The van der Waals surface area contributed by atoms with Crippen LogP contribution in [0.1, 0.15) is 24.6 Å². The van der Waals surface area contributed by atoms with Gasteiger partial charge in [-0.05, 0) is 43.3 Å². The van der Waals surface area contributed by atoms with E-state index in [0.29, 0.717) is 41.7 Å². The fourth-order valence-corrected chi connectivity index (χ4v) is 3.69. The molecule has 0 radical (unpaired) electrons.